The van der Waals surface area contributed by atoms with Gasteiger partial charge in [0.1, 0.15) is 0 Å². The average Bonchev–Trinajstić information content (AvgIpc) is 2.04. The lowest BCUT2D eigenvalue weighted by Crippen LogP contribution is -2.31. The summed E-state index contributed by atoms with van der Waals surface area (Å²) in [4.78, 5) is 11.2. The van der Waals surface area contributed by atoms with Crippen molar-refractivity contribution in [3.05, 3.63) is 0 Å². The molecular formula is C9H16O4. The van der Waals surface area contributed by atoms with Gasteiger partial charge in [-0.3, -0.25) is 4.79 Å². The second-order valence-corrected chi connectivity index (χ2v) is 3.31. The van der Waals surface area contributed by atoms with E-state index in [9.17, 15) is 4.79 Å². The number of ether oxygens (including phenoxy) is 3. The first-order valence-corrected chi connectivity index (χ1v) is 4.57. The molecular weight excluding hydrogens is 172 g/mol. The Labute approximate surface area is 78.2 Å². The smallest absolute Gasteiger partial charge is 0.308 e. The zero-order valence-corrected chi connectivity index (χ0v) is 8.12. The van der Waals surface area contributed by atoms with Gasteiger partial charge < -0.3 is 14.2 Å². The molecule has 0 amide bonds. The van der Waals surface area contributed by atoms with Crippen LogP contribution >= 0.6 is 0 Å². The molecule has 0 spiro atoms. The normalized spacial score (nSPS) is 23.2. The Bertz CT molecular complexity index is 161. The minimum atomic E-state index is -0.217. The summed E-state index contributed by atoms with van der Waals surface area (Å²) in [5, 5.41) is 0. The maximum absolute atomic E-state index is 11.2. The third-order valence-corrected chi connectivity index (χ3v) is 1.65. The summed E-state index contributed by atoms with van der Waals surface area (Å²) >= 11 is 0. The average molecular weight is 188 g/mol. The summed E-state index contributed by atoms with van der Waals surface area (Å²) in [6.45, 7) is 5.34. The van der Waals surface area contributed by atoms with Crippen molar-refractivity contribution >= 4 is 5.97 Å². The highest BCUT2D eigenvalue weighted by atomic mass is 16.6. The SMILES string of the molecule is CC(C)OC(=O)CC1COCCO1. The van der Waals surface area contributed by atoms with Gasteiger partial charge in [-0.1, -0.05) is 0 Å². The highest BCUT2D eigenvalue weighted by Gasteiger charge is 2.19. The predicted octanol–water partition coefficient (Wildman–Crippen LogP) is 0.744. The number of hydrogen-bond donors (Lipinski definition) is 0. The Morgan fingerprint density at radius 3 is 2.85 bits per heavy atom. The molecule has 76 valence electrons. The van der Waals surface area contributed by atoms with Crippen LogP contribution < -0.4 is 0 Å². The second kappa shape index (κ2) is 5.19. The van der Waals surface area contributed by atoms with E-state index >= 15 is 0 Å². The largest absolute Gasteiger partial charge is 0.463 e. The van der Waals surface area contributed by atoms with Gasteiger partial charge in [0, 0.05) is 0 Å². The molecule has 0 aromatic carbocycles. The summed E-state index contributed by atoms with van der Waals surface area (Å²) in [7, 11) is 0. The summed E-state index contributed by atoms with van der Waals surface area (Å²) < 4.78 is 15.4. The predicted molar refractivity (Wildman–Crippen MR) is 46.4 cm³/mol. The van der Waals surface area contributed by atoms with Gasteiger partial charge in [-0.25, -0.2) is 0 Å². The van der Waals surface area contributed by atoms with Crippen molar-refractivity contribution in [1.82, 2.24) is 0 Å². The Kier molecular flexibility index (Phi) is 4.18. The van der Waals surface area contributed by atoms with Crippen LogP contribution in [0.3, 0.4) is 0 Å². The molecule has 0 aromatic rings. The third kappa shape index (κ3) is 4.24. The molecule has 1 aliphatic rings. The van der Waals surface area contributed by atoms with Crippen molar-refractivity contribution in [2.75, 3.05) is 19.8 Å². The minimum Gasteiger partial charge on any atom is -0.463 e. The molecule has 1 aliphatic heterocycles. The van der Waals surface area contributed by atoms with Crippen LogP contribution in [-0.4, -0.2) is 38.0 Å². The molecule has 0 bridgehead atoms. The van der Waals surface area contributed by atoms with Gasteiger partial charge >= 0.3 is 5.97 Å². The molecule has 0 N–H and O–H groups in total. The highest BCUT2D eigenvalue weighted by Crippen LogP contribution is 2.06. The van der Waals surface area contributed by atoms with Crippen LogP contribution in [0.25, 0.3) is 0 Å². The zero-order valence-electron chi connectivity index (χ0n) is 8.12. The fourth-order valence-electron chi connectivity index (χ4n) is 1.15. The molecule has 4 heteroatoms. The second-order valence-electron chi connectivity index (χ2n) is 3.31. The maximum atomic E-state index is 11.2. The van der Waals surface area contributed by atoms with E-state index in [0.717, 1.165) is 0 Å². The molecule has 1 heterocycles. The van der Waals surface area contributed by atoms with E-state index in [1.165, 1.54) is 0 Å². The molecule has 1 fully saturated rings. The number of carbonyl (C=O) groups excluding carboxylic acids is 1. The Morgan fingerprint density at radius 2 is 2.31 bits per heavy atom. The van der Waals surface area contributed by atoms with Gasteiger partial charge in [-0.15, -0.1) is 0 Å². The van der Waals surface area contributed by atoms with Crippen molar-refractivity contribution < 1.29 is 19.0 Å². The van der Waals surface area contributed by atoms with Crippen LogP contribution in [0.15, 0.2) is 0 Å². The van der Waals surface area contributed by atoms with Crippen LogP contribution in [0.2, 0.25) is 0 Å². The Morgan fingerprint density at radius 1 is 1.54 bits per heavy atom. The van der Waals surface area contributed by atoms with Gasteiger partial charge in [0.15, 0.2) is 0 Å². The van der Waals surface area contributed by atoms with Crippen LogP contribution in [0.4, 0.5) is 0 Å². The third-order valence-electron chi connectivity index (χ3n) is 1.65. The number of esters is 1. The summed E-state index contributed by atoms with van der Waals surface area (Å²) in [6, 6.07) is 0. The molecule has 0 aliphatic carbocycles. The Hall–Kier alpha value is -0.610. The number of hydrogen-bond acceptors (Lipinski definition) is 4. The molecule has 0 saturated carbocycles. The van der Waals surface area contributed by atoms with E-state index in [4.69, 9.17) is 14.2 Å². The van der Waals surface area contributed by atoms with Crippen molar-refractivity contribution in [2.24, 2.45) is 0 Å². The quantitative estimate of drug-likeness (QED) is 0.613. The lowest BCUT2D eigenvalue weighted by Gasteiger charge is -2.22. The molecule has 13 heavy (non-hydrogen) atoms. The van der Waals surface area contributed by atoms with E-state index in [-0.39, 0.29) is 24.6 Å². The van der Waals surface area contributed by atoms with Crippen molar-refractivity contribution in [3.8, 4) is 0 Å². The molecule has 4 nitrogen and oxygen atoms in total. The van der Waals surface area contributed by atoms with E-state index in [1.54, 1.807) is 0 Å². The molecule has 1 saturated heterocycles. The van der Waals surface area contributed by atoms with Crippen molar-refractivity contribution in [1.29, 1.82) is 0 Å². The molecule has 1 unspecified atom stereocenters. The molecule has 1 atom stereocenters. The topological polar surface area (TPSA) is 44.8 Å². The van der Waals surface area contributed by atoms with Crippen molar-refractivity contribution in [3.63, 3.8) is 0 Å². The summed E-state index contributed by atoms with van der Waals surface area (Å²) in [5.41, 5.74) is 0. The van der Waals surface area contributed by atoms with Gasteiger partial charge in [-0.05, 0) is 13.8 Å². The van der Waals surface area contributed by atoms with E-state index in [1.807, 2.05) is 13.8 Å². The fraction of sp³-hybridized carbons (Fsp3) is 0.889. The zero-order chi connectivity index (χ0) is 9.68. The first-order valence-electron chi connectivity index (χ1n) is 4.57. The fourth-order valence-corrected chi connectivity index (χ4v) is 1.15. The highest BCUT2D eigenvalue weighted by molar-refractivity contribution is 5.70. The van der Waals surface area contributed by atoms with Crippen LogP contribution in [0, 0.1) is 0 Å². The van der Waals surface area contributed by atoms with Crippen LogP contribution in [-0.2, 0) is 19.0 Å². The van der Waals surface area contributed by atoms with Gasteiger partial charge in [0.05, 0.1) is 38.4 Å². The van der Waals surface area contributed by atoms with E-state index in [2.05, 4.69) is 0 Å². The first kappa shape index (κ1) is 10.5. The monoisotopic (exact) mass is 188 g/mol. The van der Waals surface area contributed by atoms with Crippen LogP contribution in [0.5, 0.6) is 0 Å². The van der Waals surface area contributed by atoms with Crippen molar-refractivity contribution in [2.45, 2.75) is 32.5 Å². The van der Waals surface area contributed by atoms with E-state index in [0.29, 0.717) is 19.8 Å². The summed E-state index contributed by atoms with van der Waals surface area (Å²) in [5.74, 6) is -0.217. The summed E-state index contributed by atoms with van der Waals surface area (Å²) in [6.07, 6.45) is 0.107. The van der Waals surface area contributed by atoms with E-state index < -0.39 is 0 Å². The number of carbonyl (C=O) groups is 1. The number of rotatable bonds is 3. The van der Waals surface area contributed by atoms with Crippen LogP contribution in [0.1, 0.15) is 20.3 Å². The van der Waals surface area contributed by atoms with Gasteiger partial charge in [-0.2, -0.15) is 0 Å². The minimum absolute atomic E-state index is 0.0583. The lowest BCUT2D eigenvalue weighted by atomic mass is 10.2. The molecule has 1 rings (SSSR count). The molecule has 0 aromatic heterocycles. The maximum Gasteiger partial charge on any atom is 0.308 e. The van der Waals surface area contributed by atoms with Gasteiger partial charge in [0.2, 0.25) is 0 Å². The van der Waals surface area contributed by atoms with Gasteiger partial charge in [0.25, 0.3) is 0 Å². The lowest BCUT2D eigenvalue weighted by molar-refractivity contribution is -0.156. The molecule has 0 radical (unpaired) electrons. The first-order chi connectivity index (χ1) is 6.18. The Balaban J connectivity index is 2.18. The standard InChI is InChI=1S/C9H16O4/c1-7(2)13-9(10)5-8-6-11-3-4-12-8/h7-8H,3-6H2,1-2H3.